The fraction of sp³-hybridized carbons (Fsp3) is 0.286. The summed E-state index contributed by atoms with van der Waals surface area (Å²) in [6.45, 7) is 2.92. The van der Waals surface area contributed by atoms with Crippen molar-refractivity contribution in [3.05, 3.63) is 50.1 Å². The lowest BCUT2D eigenvalue weighted by Crippen LogP contribution is -2.21. The maximum absolute atomic E-state index is 6.24. The third-order valence-corrected chi connectivity index (χ3v) is 4.56. The lowest BCUT2D eigenvalue weighted by atomic mass is 10.0. The van der Waals surface area contributed by atoms with Crippen LogP contribution in [0.1, 0.15) is 23.4 Å². The van der Waals surface area contributed by atoms with Gasteiger partial charge in [0.05, 0.1) is 23.2 Å². The Balaban J connectivity index is 2.42. The fourth-order valence-corrected chi connectivity index (χ4v) is 3.40. The van der Waals surface area contributed by atoms with Crippen molar-refractivity contribution in [2.24, 2.45) is 0 Å². The van der Waals surface area contributed by atoms with Crippen LogP contribution in [0.3, 0.4) is 0 Å². The van der Waals surface area contributed by atoms with E-state index in [0.717, 1.165) is 22.0 Å². The van der Waals surface area contributed by atoms with Crippen LogP contribution in [0, 0.1) is 0 Å². The van der Waals surface area contributed by atoms with Gasteiger partial charge in [-0.2, -0.15) is 0 Å². The number of methoxy groups -OCH3 is 1. The Bertz CT molecular complexity index is 556. The minimum absolute atomic E-state index is 0.0590. The number of ether oxygens (including phenoxy) is 1. The molecule has 1 N–H and O–H groups in total. The van der Waals surface area contributed by atoms with E-state index in [1.54, 1.807) is 18.4 Å². The quantitative estimate of drug-likeness (QED) is 0.858. The first kappa shape index (κ1) is 14.7. The van der Waals surface area contributed by atoms with E-state index in [1.807, 2.05) is 29.6 Å². The average Bonchev–Trinajstić information content (AvgIpc) is 2.83. The third-order valence-electron chi connectivity index (χ3n) is 2.82. The summed E-state index contributed by atoms with van der Waals surface area (Å²) in [5.74, 6) is 0.676. The van der Waals surface area contributed by atoms with Crippen LogP contribution in [0.25, 0.3) is 0 Å². The maximum Gasteiger partial charge on any atom is 0.137 e. The molecule has 0 fully saturated rings. The number of hydrogen-bond donors (Lipinski definition) is 1. The van der Waals surface area contributed by atoms with Gasteiger partial charge in [-0.1, -0.05) is 36.2 Å². The Hall–Kier alpha value is -0.740. The van der Waals surface area contributed by atoms with E-state index >= 15 is 0 Å². The summed E-state index contributed by atoms with van der Waals surface area (Å²) in [4.78, 5) is 1.10. The van der Waals surface area contributed by atoms with E-state index in [4.69, 9.17) is 27.9 Å². The highest BCUT2D eigenvalue weighted by Crippen LogP contribution is 2.35. The first-order valence-corrected chi connectivity index (χ1v) is 7.60. The highest BCUT2D eigenvalue weighted by atomic mass is 35.5. The van der Waals surface area contributed by atoms with Gasteiger partial charge < -0.3 is 10.1 Å². The zero-order valence-corrected chi connectivity index (χ0v) is 13.1. The van der Waals surface area contributed by atoms with Gasteiger partial charge in [0.2, 0.25) is 0 Å². The number of rotatable bonds is 5. The van der Waals surface area contributed by atoms with Gasteiger partial charge in [-0.05, 0) is 35.7 Å². The fourth-order valence-electron chi connectivity index (χ4n) is 1.93. The SMILES string of the molecule is CCNC(c1ccc(Cl)c(OC)c1)c1sccc1Cl. The maximum atomic E-state index is 6.24. The topological polar surface area (TPSA) is 21.3 Å². The molecular weight excluding hydrogens is 301 g/mol. The summed E-state index contributed by atoms with van der Waals surface area (Å²) >= 11 is 13.9. The standard InChI is InChI=1S/C14H15Cl2NOS/c1-3-17-13(14-11(16)6-7-19-14)9-4-5-10(15)12(8-9)18-2/h4-8,13,17H,3H2,1-2H3. The van der Waals surface area contributed by atoms with Crippen molar-refractivity contribution in [2.75, 3.05) is 13.7 Å². The Morgan fingerprint density at radius 1 is 1.26 bits per heavy atom. The third kappa shape index (κ3) is 3.23. The molecule has 0 aliphatic carbocycles. The van der Waals surface area contributed by atoms with E-state index in [-0.39, 0.29) is 6.04 Å². The van der Waals surface area contributed by atoms with Gasteiger partial charge in [-0.3, -0.25) is 0 Å². The number of hydrogen-bond acceptors (Lipinski definition) is 3. The van der Waals surface area contributed by atoms with Crippen LogP contribution in [0.2, 0.25) is 10.0 Å². The van der Waals surface area contributed by atoms with Gasteiger partial charge in [0.1, 0.15) is 5.75 Å². The zero-order valence-electron chi connectivity index (χ0n) is 10.7. The molecule has 0 spiro atoms. The van der Waals surface area contributed by atoms with Gasteiger partial charge in [0.25, 0.3) is 0 Å². The van der Waals surface area contributed by atoms with Crippen LogP contribution >= 0.6 is 34.5 Å². The van der Waals surface area contributed by atoms with E-state index < -0.39 is 0 Å². The van der Waals surface area contributed by atoms with Crippen LogP contribution in [0.15, 0.2) is 29.6 Å². The van der Waals surface area contributed by atoms with E-state index in [2.05, 4.69) is 12.2 Å². The number of halogens is 2. The summed E-state index contributed by atoms with van der Waals surface area (Å²) < 4.78 is 5.27. The molecule has 1 unspecified atom stereocenters. The second kappa shape index (κ2) is 6.62. The molecule has 0 aliphatic heterocycles. The Kier molecular flexibility index (Phi) is 5.11. The summed E-state index contributed by atoms with van der Waals surface area (Å²) in [6.07, 6.45) is 0. The van der Waals surface area contributed by atoms with Crippen molar-refractivity contribution in [3.8, 4) is 5.75 Å². The van der Waals surface area contributed by atoms with E-state index in [9.17, 15) is 0 Å². The lowest BCUT2D eigenvalue weighted by Gasteiger charge is -2.18. The summed E-state index contributed by atoms with van der Waals surface area (Å²) in [7, 11) is 1.62. The van der Waals surface area contributed by atoms with Crippen LogP contribution in [0.5, 0.6) is 5.75 Å². The molecule has 19 heavy (non-hydrogen) atoms. The van der Waals surface area contributed by atoms with Gasteiger partial charge in [0, 0.05) is 4.88 Å². The van der Waals surface area contributed by atoms with Crippen molar-refractivity contribution in [2.45, 2.75) is 13.0 Å². The van der Waals surface area contributed by atoms with Crippen LogP contribution in [-0.2, 0) is 0 Å². The van der Waals surface area contributed by atoms with Crippen LogP contribution in [0.4, 0.5) is 0 Å². The number of nitrogens with one attached hydrogen (secondary N) is 1. The smallest absolute Gasteiger partial charge is 0.137 e. The van der Waals surface area contributed by atoms with Crippen molar-refractivity contribution < 1.29 is 4.74 Å². The minimum atomic E-state index is 0.0590. The number of benzene rings is 1. The predicted molar refractivity (Wildman–Crippen MR) is 82.9 cm³/mol. The monoisotopic (exact) mass is 315 g/mol. The molecule has 1 aromatic heterocycles. The Morgan fingerprint density at radius 3 is 2.63 bits per heavy atom. The van der Waals surface area contributed by atoms with Crippen molar-refractivity contribution in [1.82, 2.24) is 5.32 Å². The first-order chi connectivity index (χ1) is 9.17. The van der Waals surface area contributed by atoms with E-state index in [1.165, 1.54) is 0 Å². The van der Waals surface area contributed by atoms with Crippen LogP contribution < -0.4 is 10.1 Å². The zero-order chi connectivity index (χ0) is 13.8. The molecule has 0 saturated heterocycles. The van der Waals surface area contributed by atoms with E-state index in [0.29, 0.717) is 10.8 Å². The van der Waals surface area contributed by atoms with Gasteiger partial charge in [-0.25, -0.2) is 0 Å². The number of thiophene rings is 1. The highest BCUT2D eigenvalue weighted by Gasteiger charge is 2.18. The molecule has 2 rings (SSSR count). The van der Waals surface area contributed by atoms with Crippen LogP contribution in [-0.4, -0.2) is 13.7 Å². The second-order valence-corrected chi connectivity index (χ2v) is 5.78. The van der Waals surface area contributed by atoms with Gasteiger partial charge >= 0.3 is 0 Å². The highest BCUT2D eigenvalue weighted by molar-refractivity contribution is 7.10. The molecule has 1 atom stereocenters. The predicted octanol–water partition coefficient (Wildman–Crippen LogP) is 4.76. The molecule has 5 heteroatoms. The summed E-state index contributed by atoms with van der Waals surface area (Å²) in [5, 5.41) is 6.83. The molecule has 2 nitrogen and oxygen atoms in total. The molecule has 0 radical (unpaired) electrons. The molecule has 1 heterocycles. The molecule has 0 aliphatic rings. The average molecular weight is 316 g/mol. The van der Waals surface area contributed by atoms with Gasteiger partial charge in [0.15, 0.2) is 0 Å². The normalized spacial score (nSPS) is 12.4. The van der Waals surface area contributed by atoms with Crippen molar-refractivity contribution >= 4 is 34.5 Å². The first-order valence-electron chi connectivity index (χ1n) is 5.97. The molecular formula is C14H15Cl2NOS. The molecule has 0 saturated carbocycles. The van der Waals surface area contributed by atoms with Crippen molar-refractivity contribution in [1.29, 1.82) is 0 Å². The Labute approximate surface area is 127 Å². The van der Waals surface area contributed by atoms with Crippen molar-refractivity contribution in [3.63, 3.8) is 0 Å². The molecule has 2 aromatic rings. The minimum Gasteiger partial charge on any atom is -0.495 e. The Morgan fingerprint density at radius 2 is 2.05 bits per heavy atom. The summed E-state index contributed by atoms with van der Waals surface area (Å²) in [6, 6.07) is 7.77. The molecule has 0 amide bonds. The molecule has 0 bridgehead atoms. The largest absolute Gasteiger partial charge is 0.495 e. The molecule has 1 aromatic carbocycles. The van der Waals surface area contributed by atoms with Gasteiger partial charge in [-0.15, -0.1) is 11.3 Å². The molecule has 102 valence electrons. The lowest BCUT2D eigenvalue weighted by molar-refractivity contribution is 0.414. The summed E-state index contributed by atoms with van der Waals surface area (Å²) in [5.41, 5.74) is 1.09. The second-order valence-electron chi connectivity index (χ2n) is 4.02.